The highest BCUT2D eigenvalue weighted by atomic mass is 16.2. The van der Waals surface area contributed by atoms with E-state index in [-0.39, 0.29) is 17.9 Å². The van der Waals surface area contributed by atoms with Gasteiger partial charge in [-0.3, -0.25) is 9.69 Å². The Hall–Kier alpha value is -3.20. The second kappa shape index (κ2) is 10.5. The third kappa shape index (κ3) is 6.41. The molecule has 1 saturated heterocycles. The Bertz CT molecular complexity index is 836. The molecule has 0 aliphatic carbocycles. The van der Waals surface area contributed by atoms with E-state index in [1.54, 1.807) is 36.7 Å². The van der Waals surface area contributed by atoms with Crippen LogP contribution in [0.4, 0.5) is 22.1 Å². The van der Waals surface area contributed by atoms with Gasteiger partial charge in [0.2, 0.25) is 11.9 Å². The third-order valence-electron chi connectivity index (χ3n) is 4.83. The third-order valence-corrected chi connectivity index (χ3v) is 4.83. The minimum Gasteiger partial charge on any atom is -0.338 e. The molecular formula is C21H29N7O2. The Morgan fingerprint density at radius 3 is 2.33 bits per heavy atom. The first kappa shape index (κ1) is 21.5. The van der Waals surface area contributed by atoms with E-state index in [2.05, 4.69) is 35.7 Å². The van der Waals surface area contributed by atoms with Crippen LogP contribution < -0.4 is 20.9 Å². The molecule has 1 aromatic carbocycles. The first-order valence-electron chi connectivity index (χ1n) is 10.2. The highest BCUT2D eigenvalue weighted by molar-refractivity contribution is 5.94. The molecule has 3 N–H and O–H groups in total. The van der Waals surface area contributed by atoms with Gasteiger partial charge in [0.05, 0.1) is 0 Å². The van der Waals surface area contributed by atoms with Crippen LogP contribution in [-0.2, 0) is 4.79 Å². The van der Waals surface area contributed by atoms with Crippen molar-refractivity contribution < 1.29 is 9.59 Å². The fourth-order valence-corrected chi connectivity index (χ4v) is 3.09. The monoisotopic (exact) mass is 411 g/mol. The summed E-state index contributed by atoms with van der Waals surface area (Å²) in [6.07, 6.45) is 3.51. The highest BCUT2D eigenvalue weighted by Crippen LogP contribution is 2.16. The number of hydrogen-bond acceptors (Lipinski definition) is 6. The number of piperazine rings is 1. The lowest BCUT2D eigenvalue weighted by Gasteiger charge is -2.34. The van der Waals surface area contributed by atoms with Crippen molar-refractivity contribution in [2.45, 2.75) is 13.8 Å². The van der Waals surface area contributed by atoms with Crippen molar-refractivity contribution in [3.63, 3.8) is 0 Å². The molecule has 0 bridgehead atoms. The first-order chi connectivity index (χ1) is 14.5. The van der Waals surface area contributed by atoms with Gasteiger partial charge in [-0.2, -0.15) is 0 Å². The molecule has 9 heteroatoms. The number of urea groups is 1. The molecule has 1 aromatic heterocycles. The molecule has 0 atom stereocenters. The van der Waals surface area contributed by atoms with Gasteiger partial charge in [-0.15, -0.1) is 0 Å². The number of amides is 3. The van der Waals surface area contributed by atoms with E-state index in [4.69, 9.17) is 0 Å². The maximum atomic E-state index is 12.2. The predicted molar refractivity (Wildman–Crippen MR) is 118 cm³/mol. The summed E-state index contributed by atoms with van der Waals surface area (Å²) in [5, 5.41) is 8.52. The average Bonchev–Trinajstić information content (AvgIpc) is 2.75. The van der Waals surface area contributed by atoms with Crippen molar-refractivity contribution in [3.8, 4) is 0 Å². The van der Waals surface area contributed by atoms with Crippen molar-refractivity contribution in [1.82, 2.24) is 20.2 Å². The molecule has 0 unspecified atom stereocenters. The second-order valence-corrected chi connectivity index (χ2v) is 7.48. The molecule has 2 aromatic rings. The SMILES string of the molecule is CC(C)C(=O)Nc1cccc(NC(=O)NCCN2CCN(c3ncccn3)CC2)c1. The Labute approximate surface area is 176 Å². The van der Waals surface area contributed by atoms with Gasteiger partial charge in [0, 0.05) is 69.0 Å². The van der Waals surface area contributed by atoms with E-state index < -0.39 is 0 Å². The topological polar surface area (TPSA) is 102 Å². The summed E-state index contributed by atoms with van der Waals surface area (Å²) in [5.41, 5.74) is 1.29. The van der Waals surface area contributed by atoms with E-state index in [0.717, 1.165) is 38.7 Å². The van der Waals surface area contributed by atoms with Gasteiger partial charge in [-0.05, 0) is 24.3 Å². The molecule has 2 heterocycles. The van der Waals surface area contributed by atoms with Crippen LogP contribution in [0.15, 0.2) is 42.7 Å². The van der Waals surface area contributed by atoms with Gasteiger partial charge in [0.1, 0.15) is 0 Å². The Morgan fingerprint density at radius 2 is 1.67 bits per heavy atom. The number of benzene rings is 1. The van der Waals surface area contributed by atoms with Gasteiger partial charge in [-0.1, -0.05) is 19.9 Å². The Kier molecular flexibility index (Phi) is 7.56. The number of carbonyl (C=O) groups excluding carboxylic acids is 2. The molecule has 9 nitrogen and oxygen atoms in total. The second-order valence-electron chi connectivity index (χ2n) is 7.48. The van der Waals surface area contributed by atoms with Crippen LogP contribution >= 0.6 is 0 Å². The molecule has 1 aliphatic heterocycles. The fourth-order valence-electron chi connectivity index (χ4n) is 3.09. The number of carbonyl (C=O) groups is 2. The zero-order valence-electron chi connectivity index (χ0n) is 17.5. The summed E-state index contributed by atoms with van der Waals surface area (Å²) >= 11 is 0. The van der Waals surface area contributed by atoms with E-state index in [0.29, 0.717) is 17.9 Å². The summed E-state index contributed by atoms with van der Waals surface area (Å²) in [6, 6.07) is 8.67. The molecule has 3 rings (SSSR count). The van der Waals surface area contributed by atoms with Crippen LogP contribution in [0.2, 0.25) is 0 Å². The minimum atomic E-state index is -0.265. The lowest BCUT2D eigenvalue weighted by molar-refractivity contribution is -0.118. The van der Waals surface area contributed by atoms with E-state index in [1.807, 2.05) is 19.9 Å². The van der Waals surface area contributed by atoms with Gasteiger partial charge in [-0.25, -0.2) is 14.8 Å². The van der Waals surface area contributed by atoms with Crippen molar-refractivity contribution in [1.29, 1.82) is 0 Å². The maximum Gasteiger partial charge on any atom is 0.319 e. The highest BCUT2D eigenvalue weighted by Gasteiger charge is 2.18. The quantitative estimate of drug-likeness (QED) is 0.644. The van der Waals surface area contributed by atoms with Crippen molar-refractivity contribution in [2.75, 3.05) is 54.8 Å². The van der Waals surface area contributed by atoms with Crippen LogP contribution in [0.5, 0.6) is 0 Å². The minimum absolute atomic E-state index is 0.0597. The van der Waals surface area contributed by atoms with Gasteiger partial charge in [0.15, 0.2) is 0 Å². The van der Waals surface area contributed by atoms with Crippen LogP contribution in [0.1, 0.15) is 13.8 Å². The molecule has 0 saturated carbocycles. The lowest BCUT2D eigenvalue weighted by Crippen LogP contribution is -2.49. The molecule has 160 valence electrons. The van der Waals surface area contributed by atoms with Crippen LogP contribution in [0.3, 0.4) is 0 Å². The first-order valence-corrected chi connectivity index (χ1v) is 10.2. The molecule has 1 fully saturated rings. The standard InChI is InChI=1S/C21H29N7O2/c1-16(2)19(29)25-17-5-3-6-18(15-17)26-21(30)24-9-10-27-11-13-28(14-12-27)20-22-7-4-8-23-20/h3-8,15-16H,9-14H2,1-2H3,(H,25,29)(H2,24,26,30). The van der Waals surface area contributed by atoms with Crippen molar-refractivity contribution in [3.05, 3.63) is 42.7 Å². The van der Waals surface area contributed by atoms with Crippen LogP contribution in [-0.4, -0.2) is 66.1 Å². The van der Waals surface area contributed by atoms with Crippen molar-refractivity contribution >= 4 is 29.3 Å². The normalized spacial score (nSPS) is 14.4. The van der Waals surface area contributed by atoms with Crippen LogP contribution in [0, 0.1) is 5.92 Å². The number of aromatic nitrogens is 2. The molecule has 1 aliphatic rings. The lowest BCUT2D eigenvalue weighted by atomic mass is 10.2. The predicted octanol–water partition coefficient (Wildman–Crippen LogP) is 2.01. The average molecular weight is 412 g/mol. The fraction of sp³-hybridized carbons (Fsp3) is 0.429. The summed E-state index contributed by atoms with van der Waals surface area (Å²) in [5.74, 6) is 0.601. The Morgan fingerprint density at radius 1 is 1.00 bits per heavy atom. The molecule has 0 radical (unpaired) electrons. The molecular weight excluding hydrogens is 382 g/mol. The summed E-state index contributed by atoms with van der Waals surface area (Å²) in [6.45, 7) is 8.54. The number of nitrogens with one attached hydrogen (secondary N) is 3. The van der Waals surface area contributed by atoms with Gasteiger partial charge >= 0.3 is 6.03 Å². The molecule has 3 amide bonds. The van der Waals surface area contributed by atoms with E-state index in [9.17, 15) is 9.59 Å². The van der Waals surface area contributed by atoms with Gasteiger partial charge in [0.25, 0.3) is 0 Å². The van der Waals surface area contributed by atoms with E-state index in [1.165, 1.54) is 0 Å². The number of anilines is 3. The number of nitrogens with zero attached hydrogens (tertiary/aromatic N) is 4. The summed E-state index contributed by atoms with van der Waals surface area (Å²) in [4.78, 5) is 37.1. The van der Waals surface area contributed by atoms with Crippen molar-refractivity contribution in [2.24, 2.45) is 5.92 Å². The summed E-state index contributed by atoms with van der Waals surface area (Å²) < 4.78 is 0. The number of hydrogen-bond donors (Lipinski definition) is 3. The zero-order chi connectivity index (χ0) is 21.3. The molecule has 30 heavy (non-hydrogen) atoms. The van der Waals surface area contributed by atoms with Gasteiger partial charge < -0.3 is 20.9 Å². The van der Waals surface area contributed by atoms with E-state index >= 15 is 0 Å². The largest absolute Gasteiger partial charge is 0.338 e. The Balaban J connectivity index is 1.37. The maximum absolute atomic E-state index is 12.2. The number of rotatable bonds is 7. The van der Waals surface area contributed by atoms with Crippen LogP contribution in [0.25, 0.3) is 0 Å². The smallest absolute Gasteiger partial charge is 0.319 e. The zero-order valence-corrected chi connectivity index (χ0v) is 17.5. The molecule has 0 spiro atoms. The summed E-state index contributed by atoms with van der Waals surface area (Å²) in [7, 11) is 0.